The molecule has 0 bridgehead atoms. The summed E-state index contributed by atoms with van der Waals surface area (Å²) in [7, 11) is 0. The Bertz CT molecular complexity index is 1170. The van der Waals surface area contributed by atoms with Crippen molar-refractivity contribution in [1.29, 1.82) is 0 Å². The van der Waals surface area contributed by atoms with Crippen LogP contribution in [0, 0.1) is 0 Å². The van der Waals surface area contributed by atoms with Crippen LogP contribution in [0.5, 0.6) is 0 Å². The number of thioether (sulfide) groups is 1. The fourth-order valence-electron chi connectivity index (χ4n) is 5.04. The van der Waals surface area contributed by atoms with E-state index in [4.69, 9.17) is 17.0 Å². The van der Waals surface area contributed by atoms with Crippen LogP contribution in [0.4, 0.5) is 0 Å². The van der Waals surface area contributed by atoms with Crippen molar-refractivity contribution in [1.82, 2.24) is 14.4 Å². The monoisotopic (exact) mass is 561 g/mol. The van der Waals surface area contributed by atoms with Crippen LogP contribution in [0.2, 0.25) is 0 Å². The van der Waals surface area contributed by atoms with Crippen molar-refractivity contribution in [3.8, 4) is 0 Å². The van der Waals surface area contributed by atoms with E-state index in [0.29, 0.717) is 15.8 Å². The second-order valence-electron chi connectivity index (χ2n) is 9.23. The summed E-state index contributed by atoms with van der Waals surface area (Å²) in [5, 5.41) is 0.998. The molecule has 3 aliphatic rings. The van der Waals surface area contributed by atoms with Crippen molar-refractivity contribution in [3.05, 3.63) is 39.3 Å². The molecule has 3 fully saturated rings. The number of benzene rings is 1. The molecular formula is C25H28BrN3O3S2. The Morgan fingerprint density at radius 3 is 2.91 bits per heavy atom. The number of carbonyl (C=O) groups excluding carboxylic acids is 2. The molecule has 0 spiro atoms. The lowest BCUT2D eigenvalue weighted by Gasteiger charge is -2.33. The Labute approximate surface area is 217 Å². The molecule has 2 amide bonds. The van der Waals surface area contributed by atoms with Gasteiger partial charge >= 0.3 is 0 Å². The predicted molar refractivity (Wildman–Crippen MR) is 144 cm³/mol. The van der Waals surface area contributed by atoms with Gasteiger partial charge in [-0.25, -0.2) is 0 Å². The number of hydrogen-bond donors (Lipinski definition) is 0. The fourth-order valence-corrected chi connectivity index (χ4v) is 6.67. The molecule has 5 rings (SSSR count). The summed E-state index contributed by atoms with van der Waals surface area (Å²) in [5.74, 6) is 0.0704. The third kappa shape index (κ3) is 4.85. The van der Waals surface area contributed by atoms with Gasteiger partial charge in [0.15, 0.2) is 0 Å². The Morgan fingerprint density at radius 2 is 2.15 bits per heavy atom. The minimum Gasteiger partial charge on any atom is -0.376 e. The first kappa shape index (κ1) is 24.0. The first-order chi connectivity index (χ1) is 16.4. The molecule has 0 aliphatic carbocycles. The van der Waals surface area contributed by atoms with Crippen molar-refractivity contribution < 1.29 is 14.3 Å². The Balaban J connectivity index is 1.42. The number of fused-ring (bicyclic) bond motifs is 1. The van der Waals surface area contributed by atoms with E-state index in [1.807, 2.05) is 39.9 Å². The molecular weight excluding hydrogens is 534 g/mol. The number of aromatic nitrogens is 1. The van der Waals surface area contributed by atoms with Crippen molar-refractivity contribution in [2.24, 2.45) is 0 Å². The standard InChI is InChI=1S/C25H28BrN3O3S2/c1-16-5-2-3-9-28(16)23(30)15-27-13-17(20-12-18(26)7-8-21(20)27)11-22-24(31)29(25(33)34-22)14-19-6-4-10-32-19/h7-8,11-13,16,19H,2-6,9-10,14-15H2,1H3/b22-11-/t16-,19-/m1/s1. The van der Waals surface area contributed by atoms with Crippen molar-refractivity contribution in [2.75, 3.05) is 19.7 Å². The second kappa shape index (κ2) is 10.1. The molecule has 9 heteroatoms. The van der Waals surface area contributed by atoms with E-state index in [0.717, 1.165) is 59.8 Å². The molecule has 0 unspecified atom stereocenters. The van der Waals surface area contributed by atoms with E-state index in [1.54, 1.807) is 4.90 Å². The van der Waals surface area contributed by atoms with Gasteiger partial charge in [0.05, 0.1) is 17.6 Å². The summed E-state index contributed by atoms with van der Waals surface area (Å²) in [4.78, 5) is 30.6. The molecule has 0 radical (unpaired) electrons. The molecule has 1 aromatic carbocycles. The van der Waals surface area contributed by atoms with Gasteiger partial charge in [0, 0.05) is 46.3 Å². The van der Waals surface area contributed by atoms with Crippen LogP contribution >= 0.6 is 39.9 Å². The van der Waals surface area contributed by atoms with Crippen molar-refractivity contribution in [3.63, 3.8) is 0 Å². The Hall–Kier alpha value is -1.68. The smallest absolute Gasteiger partial charge is 0.266 e. The predicted octanol–water partition coefficient (Wildman–Crippen LogP) is 5.19. The Morgan fingerprint density at radius 1 is 1.29 bits per heavy atom. The third-order valence-electron chi connectivity index (χ3n) is 6.87. The molecule has 6 nitrogen and oxygen atoms in total. The topological polar surface area (TPSA) is 54.8 Å². The molecule has 0 saturated carbocycles. The van der Waals surface area contributed by atoms with Gasteiger partial charge in [-0.1, -0.05) is 39.9 Å². The largest absolute Gasteiger partial charge is 0.376 e. The van der Waals surface area contributed by atoms with E-state index in [9.17, 15) is 9.59 Å². The summed E-state index contributed by atoms with van der Waals surface area (Å²) in [6.45, 7) is 4.50. The molecule has 3 aliphatic heterocycles. The molecule has 2 atom stereocenters. The number of halogens is 1. The van der Waals surface area contributed by atoms with Gasteiger partial charge in [0.1, 0.15) is 10.9 Å². The average molecular weight is 563 g/mol. The summed E-state index contributed by atoms with van der Waals surface area (Å²) < 4.78 is 9.24. The van der Waals surface area contributed by atoms with Crippen LogP contribution in [0.25, 0.3) is 17.0 Å². The van der Waals surface area contributed by atoms with E-state index >= 15 is 0 Å². The quantitative estimate of drug-likeness (QED) is 0.371. The van der Waals surface area contributed by atoms with Crippen molar-refractivity contribution in [2.45, 2.75) is 57.7 Å². The van der Waals surface area contributed by atoms with Crippen LogP contribution in [0.3, 0.4) is 0 Å². The average Bonchev–Trinajstić information content (AvgIpc) is 3.50. The molecule has 4 heterocycles. The number of nitrogens with zero attached hydrogens (tertiary/aromatic N) is 3. The van der Waals surface area contributed by atoms with E-state index in [2.05, 4.69) is 22.9 Å². The number of likely N-dealkylation sites (tertiary alicyclic amines) is 1. The maximum atomic E-state index is 13.2. The molecule has 34 heavy (non-hydrogen) atoms. The van der Waals surface area contributed by atoms with Crippen LogP contribution in [-0.2, 0) is 20.9 Å². The van der Waals surface area contributed by atoms with Gasteiger partial charge in [0.25, 0.3) is 5.91 Å². The van der Waals surface area contributed by atoms with Crippen molar-refractivity contribution >= 4 is 73.0 Å². The zero-order valence-electron chi connectivity index (χ0n) is 19.2. The maximum Gasteiger partial charge on any atom is 0.266 e. The minimum absolute atomic E-state index is 0.0583. The van der Waals surface area contributed by atoms with Gasteiger partial charge in [0.2, 0.25) is 5.91 Å². The van der Waals surface area contributed by atoms with Crippen LogP contribution in [0.1, 0.15) is 44.6 Å². The van der Waals surface area contributed by atoms with Crippen LogP contribution in [0.15, 0.2) is 33.8 Å². The zero-order valence-corrected chi connectivity index (χ0v) is 22.4. The van der Waals surface area contributed by atoms with Gasteiger partial charge in [-0.15, -0.1) is 0 Å². The zero-order chi connectivity index (χ0) is 23.8. The first-order valence-corrected chi connectivity index (χ1v) is 13.9. The molecule has 2 aromatic rings. The Kier molecular flexibility index (Phi) is 7.16. The molecule has 0 N–H and O–H groups in total. The number of rotatable bonds is 5. The highest BCUT2D eigenvalue weighted by Gasteiger charge is 2.35. The van der Waals surface area contributed by atoms with Gasteiger partial charge in [-0.3, -0.25) is 14.5 Å². The highest BCUT2D eigenvalue weighted by atomic mass is 79.9. The summed E-state index contributed by atoms with van der Waals surface area (Å²) in [6.07, 6.45) is 9.24. The number of hydrogen-bond acceptors (Lipinski definition) is 5. The number of amides is 2. The summed E-state index contributed by atoms with van der Waals surface area (Å²) in [5.41, 5.74) is 1.88. The minimum atomic E-state index is -0.0698. The summed E-state index contributed by atoms with van der Waals surface area (Å²) in [6, 6.07) is 6.32. The number of carbonyl (C=O) groups is 2. The third-order valence-corrected chi connectivity index (χ3v) is 8.74. The fraction of sp³-hybridized carbons (Fsp3) is 0.480. The van der Waals surface area contributed by atoms with Gasteiger partial charge < -0.3 is 14.2 Å². The van der Waals surface area contributed by atoms with E-state index in [-0.39, 0.29) is 30.5 Å². The molecule has 1 aromatic heterocycles. The van der Waals surface area contributed by atoms with Crippen LogP contribution in [-0.4, -0.2) is 62.3 Å². The number of ether oxygens (including phenoxy) is 1. The SMILES string of the molecule is C[C@@H]1CCCCN1C(=O)Cn1cc(/C=C2\SC(=S)N(C[C@H]3CCCO3)C2=O)c2cc(Br)ccc21. The number of piperidine rings is 1. The van der Waals surface area contributed by atoms with E-state index in [1.165, 1.54) is 18.2 Å². The molecule has 180 valence electrons. The lowest BCUT2D eigenvalue weighted by atomic mass is 10.0. The maximum absolute atomic E-state index is 13.2. The molecule has 3 saturated heterocycles. The normalized spacial score (nSPS) is 24.7. The highest BCUT2D eigenvalue weighted by molar-refractivity contribution is 9.10. The highest BCUT2D eigenvalue weighted by Crippen LogP contribution is 2.36. The van der Waals surface area contributed by atoms with E-state index < -0.39 is 0 Å². The van der Waals surface area contributed by atoms with Gasteiger partial charge in [-0.05, 0) is 63.3 Å². The first-order valence-electron chi connectivity index (χ1n) is 11.9. The van der Waals surface area contributed by atoms with Gasteiger partial charge in [-0.2, -0.15) is 0 Å². The summed E-state index contributed by atoms with van der Waals surface area (Å²) >= 11 is 10.4. The lowest BCUT2D eigenvalue weighted by molar-refractivity contribution is -0.135. The second-order valence-corrected chi connectivity index (χ2v) is 11.8. The number of thiocarbonyl (C=S) groups is 1. The lowest BCUT2D eigenvalue weighted by Crippen LogP contribution is -2.43. The van der Waals surface area contributed by atoms with Crippen LogP contribution < -0.4 is 0 Å².